The predicted molar refractivity (Wildman–Crippen MR) is 229 cm³/mol. The van der Waals surface area contributed by atoms with Gasteiger partial charge < -0.3 is 0 Å². The normalized spacial score (nSPS) is 13.6. The second kappa shape index (κ2) is 18.7. The minimum absolute atomic E-state index is 0.126. The van der Waals surface area contributed by atoms with Crippen molar-refractivity contribution in [1.82, 2.24) is 3.86 Å². The first-order valence-electron chi connectivity index (χ1n) is 18.6. The van der Waals surface area contributed by atoms with E-state index in [4.69, 9.17) is 20.0 Å². The molecule has 4 radical (unpaired) electrons. The van der Waals surface area contributed by atoms with E-state index in [-0.39, 0.29) is 11.1 Å². The van der Waals surface area contributed by atoms with Crippen LogP contribution in [0.3, 0.4) is 0 Å². The van der Waals surface area contributed by atoms with Crippen molar-refractivity contribution < 1.29 is 0 Å². The van der Waals surface area contributed by atoms with Gasteiger partial charge in [-0.05, 0) is 0 Å². The summed E-state index contributed by atoms with van der Waals surface area (Å²) in [5.74, 6) is 2.56. The van der Waals surface area contributed by atoms with Gasteiger partial charge in [0, 0.05) is 0 Å². The zero-order chi connectivity index (χ0) is 38.3. The van der Waals surface area contributed by atoms with Gasteiger partial charge in [-0.2, -0.15) is 0 Å². The van der Waals surface area contributed by atoms with Crippen molar-refractivity contribution in [1.29, 1.82) is 0 Å². The van der Waals surface area contributed by atoms with Crippen LogP contribution in [-0.2, 0) is 0 Å². The summed E-state index contributed by atoms with van der Waals surface area (Å²) in [5.41, 5.74) is 10.8. The fraction of sp³-hybridized carbons (Fsp3) is 0.500. The van der Waals surface area contributed by atoms with E-state index < -0.39 is 30.4 Å². The molecular formula is C44H63ClGe2N4. The molecule has 0 bridgehead atoms. The standard InChI is InChI=1S/C44H63ClGe2N4/c1-29(2)36-23-19-24-37(30(3)4)40(36)48-35(27-33(9)50(47-45)41-38(31(5)6)25-20-26-39(41)32(7)8)28-46-51(44(13,14)15)42(49-43(10,11)12)34-21-17-16-18-22-34/h16-27,29-32H,28H2,1-15H3/b33-27-,48-35?,49-42?. The summed E-state index contributed by atoms with van der Waals surface area (Å²) in [4.78, 5) is 11.1. The van der Waals surface area contributed by atoms with Crippen LogP contribution >= 0.6 is 10.0 Å². The summed E-state index contributed by atoms with van der Waals surface area (Å²) >= 11 is -1.77. The van der Waals surface area contributed by atoms with Gasteiger partial charge in [-0.25, -0.2) is 0 Å². The monoisotopic (exact) mass is 830 g/mol. The maximum atomic E-state index is 7.04. The number of hydrogen-bond acceptors (Lipinski definition) is 3. The zero-order valence-corrected chi connectivity index (χ0v) is 39.1. The van der Waals surface area contributed by atoms with Crippen molar-refractivity contribution in [3.8, 4) is 0 Å². The average molecular weight is 829 g/mol. The number of benzene rings is 3. The molecule has 0 heterocycles. The first-order chi connectivity index (χ1) is 23.8. The first kappa shape index (κ1) is 43.1. The van der Waals surface area contributed by atoms with Gasteiger partial charge in [0.2, 0.25) is 0 Å². The number of amidine groups is 1. The fourth-order valence-electron chi connectivity index (χ4n) is 6.21. The van der Waals surface area contributed by atoms with E-state index in [1.54, 1.807) is 0 Å². The molecular weight excluding hydrogens is 765 g/mol. The third-order valence-electron chi connectivity index (χ3n) is 8.75. The van der Waals surface area contributed by atoms with Crippen molar-refractivity contribution in [3.05, 3.63) is 106 Å². The Morgan fingerprint density at radius 3 is 1.59 bits per heavy atom. The SMILES string of the molecule is C/C(=C/C([CH2][Ge][N](C(=NC(C)(C)C)c1ccccc1)C(C)(C)C)=Nc1c(C(C)C)cccc1C(C)C)[N]([Ge][Cl])c1c(C(C)C)cccc1C(C)C. The second-order valence-corrected chi connectivity index (χ2v) is 21.3. The van der Waals surface area contributed by atoms with E-state index in [0.717, 1.165) is 33.7 Å². The third kappa shape index (κ3) is 11.9. The molecule has 0 aliphatic carbocycles. The van der Waals surface area contributed by atoms with Gasteiger partial charge in [0.05, 0.1) is 0 Å². The quantitative estimate of drug-likeness (QED) is 0.0976. The van der Waals surface area contributed by atoms with E-state index in [2.05, 4.69) is 184 Å². The molecule has 274 valence electrons. The number of anilines is 1. The van der Waals surface area contributed by atoms with Crippen LogP contribution in [0, 0.1) is 0 Å². The molecule has 0 amide bonds. The molecule has 4 nitrogen and oxygen atoms in total. The average Bonchev–Trinajstić information content (AvgIpc) is 3.03. The molecule has 0 unspecified atom stereocenters. The predicted octanol–water partition coefficient (Wildman–Crippen LogP) is 12.8. The molecule has 3 aromatic rings. The number of nitrogens with zero attached hydrogens (tertiary/aromatic N) is 4. The molecule has 7 heteroatoms. The minimum atomic E-state index is -0.986. The van der Waals surface area contributed by atoms with Crippen molar-refractivity contribution in [3.63, 3.8) is 0 Å². The summed E-state index contributed by atoms with van der Waals surface area (Å²) in [7, 11) is 7.04. The van der Waals surface area contributed by atoms with Gasteiger partial charge in [-0.3, -0.25) is 0 Å². The van der Waals surface area contributed by atoms with Crippen LogP contribution in [0.15, 0.2) is 88.5 Å². The summed E-state index contributed by atoms with van der Waals surface area (Å²) < 4.78 is 5.03. The van der Waals surface area contributed by atoms with E-state index in [1.165, 1.54) is 27.9 Å². The van der Waals surface area contributed by atoms with Gasteiger partial charge in [-0.15, -0.1) is 0 Å². The molecule has 0 atom stereocenters. The Bertz CT molecular complexity index is 1620. The molecule has 0 aliphatic heterocycles. The Kier molecular flexibility index (Phi) is 15.8. The molecule has 0 aliphatic rings. The zero-order valence-electron chi connectivity index (χ0n) is 34.1. The van der Waals surface area contributed by atoms with Gasteiger partial charge in [0.1, 0.15) is 0 Å². The molecule has 51 heavy (non-hydrogen) atoms. The summed E-state index contributed by atoms with van der Waals surface area (Å²) in [6, 6.07) is 24.2. The summed E-state index contributed by atoms with van der Waals surface area (Å²) in [6.07, 6.45) is 2.35. The molecule has 0 spiro atoms. The summed E-state index contributed by atoms with van der Waals surface area (Å²) in [5, 5.41) is 0.869. The van der Waals surface area contributed by atoms with Crippen LogP contribution < -0.4 is 3.86 Å². The van der Waals surface area contributed by atoms with Crippen LogP contribution in [0.1, 0.15) is 155 Å². The van der Waals surface area contributed by atoms with Gasteiger partial charge in [0.15, 0.2) is 0 Å². The molecule has 0 saturated carbocycles. The van der Waals surface area contributed by atoms with Crippen LogP contribution in [0.5, 0.6) is 0 Å². The van der Waals surface area contributed by atoms with Gasteiger partial charge in [0.25, 0.3) is 0 Å². The molecule has 0 aromatic heterocycles. The number of halogens is 1. The molecule has 3 rings (SSSR count). The van der Waals surface area contributed by atoms with Crippen LogP contribution in [-0.4, -0.2) is 56.9 Å². The van der Waals surface area contributed by atoms with Crippen LogP contribution in [0.2, 0.25) is 5.25 Å². The Labute approximate surface area is 329 Å². The Hall–Kier alpha value is -2.28. The molecule has 3 aromatic carbocycles. The van der Waals surface area contributed by atoms with E-state index in [1.807, 2.05) is 0 Å². The van der Waals surface area contributed by atoms with Crippen LogP contribution in [0.4, 0.5) is 11.4 Å². The Morgan fingerprint density at radius 1 is 0.706 bits per heavy atom. The molecule has 0 fully saturated rings. The second-order valence-electron chi connectivity index (χ2n) is 16.8. The molecule has 0 N–H and O–H groups in total. The van der Waals surface area contributed by atoms with E-state index in [9.17, 15) is 0 Å². The first-order valence-corrected chi connectivity index (χ1v) is 24.7. The van der Waals surface area contributed by atoms with Crippen LogP contribution in [0.25, 0.3) is 0 Å². The number of allylic oxidation sites excluding steroid dienone is 2. The number of rotatable bonds is 13. The Balaban J connectivity index is 2.31. The van der Waals surface area contributed by atoms with E-state index in [0.29, 0.717) is 23.7 Å². The van der Waals surface area contributed by atoms with Gasteiger partial charge in [-0.1, -0.05) is 0 Å². The fourth-order valence-corrected chi connectivity index (χ4v) is 11.2. The number of hydrogen-bond donors (Lipinski definition) is 0. The topological polar surface area (TPSA) is 31.2 Å². The van der Waals surface area contributed by atoms with Crippen molar-refractivity contribution >= 4 is 63.3 Å². The summed E-state index contributed by atoms with van der Waals surface area (Å²) in [6.45, 7) is 34.0. The third-order valence-corrected chi connectivity index (χ3v) is 14.8. The maximum absolute atomic E-state index is 7.04. The van der Waals surface area contributed by atoms with Crippen molar-refractivity contribution in [2.24, 2.45) is 9.98 Å². The van der Waals surface area contributed by atoms with Crippen molar-refractivity contribution in [2.45, 2.75) is 144 Å². The van der Waals surface area contributed by atoms with E-state index >= 15 is 0 Å². The van der Waals surface area contributed by atoms with Gasteiger partial charge >= 0.3 is 331 Å². The molecule has 0 saturated heterocycles. The number of aliphatic imine (C=N–C) groups is 2. The number of para-hydroxylation sites is 2. The Morgan fingerprint density at radius 2 is 1.18 bits per heavy atom. The van der Waals surface area contributed by atoms with Crippen molar-refractivity contribution in [2.75, 3.05) is 3.86 Å².